The average Bonchev–Trinajstić information content (AvgIpc) is 2.68. The van der Waals surface area contributed by atoms with Gasteiger partial charge in [-0.05, 0) is 68.2 Å². The molecule has 6 heteroatoms. The molecule has 172 valence electrons. The second-order valence-corrected chi connectivity index (χ2v) is 10.4. The van der Waals surface area contributed by atoms with Gasteiger partial charge in [0.1, 0.15) is 0 Å². The number of rotatable bonds is 5. The Morgan fingerprint density at radius 3 is 1.84 bits per heavy atom. The molecule has 1 aliphatic rings. The van der Waals surface area contributed by atoms with Crippen LogP contribution in [0, 0.1) is 24.7 Å². The number of nitrogens with one attached hydrogen (secondary N) is 4. The molecule has 4 amide bonds. The maximum absolute atomic E-state index is 12.6. The van der Waals surface area contributed by atoms with Crippen molar-refractivity contribution < 1.29 is 9.59 Å². The number of hydrogen-bond acceptors (Lipinski definition) is 2. The second-order valence-electron chi connectivity index (χ2n) is 10.4. The number of amides is 4. The Hall–Kier alpha value is -3.02. The highest BCUT2D eigenvalue weighted by Gasteiger charge is 2.41. The Morgan fingerprint density at radius 2 is 1.31 bits per heavy atom. The fraction of sp³-hybridized carbons (Fsp3) is 0.462. The van der Waals surface area contributed by atoms with E-state index in [4.69, 9.17) is 0 Å². The number of carbonyl (C=O) groups excluding carboxylic acids is 2. The van der Waals surface area contributed by atoms with Crippen molar-refractivity contribution in [3.05, 3.63) is 59.7 Å². The lowest BCUT2D eigenvalue weighted by Crippen LogP contribution is -2.51. The van der Waals surface area contributed by atoms with Crippen LogP contribution in [0.5, 0.6) is 0 Å². The molecule has 0 bridgehead atoms. The van der Waals surface area contributed by atoms with Crippen LogP contribution >= 0.6 is 0 Å². The van der Waals surface area contributed by atoms with Crippen molar-refractivity contribution in [2.45, 2.75) is 59.9 Å². The summed E-state index contributed by atoms with van der Waals surface area (Å²) in [6.45, 7) is 11.2. The van der Waals surface area contributed by atoms with Gasteiger partial charge in [-0.15, -0.1) is 0 Å². The third-order valence-electron chi connectivity index (χ3n) is 6.07. The molecule has 0 radical (unpaired) electrons. The molecule has 2 aromatic carbocycles. The largest absolute Gasteiger partial charge is 0.337 e. The summed E-state index contributed by atoms with van der Waals surface area (Å²) in [5.41, 5.74) is 3.80. The number of anilines is 2. The van der Waals surface area contributed by atoms with Crippen molar-refractivity contribution in [2.24, 2.45) is 10.8 Å². The van der Waals surface area contributed by atoms with Gasteiger partial charge in [-0.2, -0.15) is 0 Å². The molecule has 1 aliphatic carbocycles. The van der Waals surface area contributed by atoms with Gasteiger partial charge in [0.25, 0.3) is 0 Å². The van der Waals surface area contributed by atoms with Crippen molar-refractivity contribution in [1.82, 2.24) is 10.6 Å². The molecule has 0 aliphatic heterocycles. The van der Waals surface area contributed by atoms with Gasteiger partial charge in [0.15, 0.2) is 0 Å². The van der Waals surface area contributed by atoms with Gasteiger partial charge in [0.05, 0.1) is 0 Å². The van der Waals surface area contributed by atoms with E-state index in [2.05, 4.69) is 42.0 Å². The maximum atomic E-state index is 12.6. The van der Waals surface area contributed by atoms with E-state index in [0.29, 0.717) is 6.54 Å². The van der Waals surface area contributed by atoms with Crippen LogP contribution < -0.4 is 21.3 Å². The fourth-order valence-corrected chi connectivity index (χ4v) is 4.97. The first-order chi connectivity index (χ1) is 15.0. The minimum Gasteiger partial charge on any atom is -0.337 e. The van der Waals surface area contributed by atoms with Crippen molar-refractivity contribution in [2.75, 3.05) is 17.2 Å². The molecule has 0 heterocycles. The van der Waals surface area contributed by atoms with Gasteiger partial charge in [-0.1, -0.05) is 56.2 Å². The van der Waals surface area contributed by atoms with Gasteiger partial charge in [-0.25, -0.2) is 9.59 Å². The summed E-state index contributed by atoms with van der Waals surface area (Å²) < 4.78 is 0. The summed E-state index contributed by atoms with van der Waals surface area (Å²) in [5.74, 6) is 0. The lowest BCUT2D eigenvalue weighted by molar-refractivity contribution is 0.0761. The molecule has 3 rings (SSSR count). The topological polar surface area (TPSA) is 82.3 Å². The Balaban J connectivity index is 1.55. The fourth-order valence-electron chi connectivity index (χ4n) is 4.97. The van der Waals surface area contributed by atoms with Crippen LogP contribution in [0.2, 0.25) is 0 Å². The summed E-state index contributed by atoms with van der Waals surface area (Å²) in [4.78, 5) is 25.0. The minimum absolute atomic E-state index is 0.0381. The van der Waals surface area contributed by atoms with Crippen LogP contribution in [0.25, 0.3) is 0 Å². The molecule has 1 fully saturated rings. The maximum Gasteiger partial charge on any atom is 0.319 e. The normalized spacial score (nSPS) is 22.0. The molecule has 2 atom stereocenters. The standard InChI is InChI=1S/C26H36N4O2/c1-18-6-10-20(11-7-18)28-23(31)27-17-26(5)15-22(14-25(3,4)16-26)30-24(32)29-21-12-8-19(2)9-13-21/h6-13,22H,14-17H2,1-5H3,(H2,27,28,31)(H2,29,30,32). The van der Waals surface area contributed by atoms with Gasteiger partial charge in [0, 0.05) is 24.0 Å². The first-order valence-corrected chi connectivity index (χ1v) is 11.3. The zero-order valence-corrected chi connectivity index (χ0v) is 19.8. The van der Waals surface area contributed by atoms with E-state index >= 15 is 0 Å². The summed E-state index contributed by atoms with van der Waals surface area (Å²) in [6, 6.07) is 15.1. The number of hydrogen-bond donors (Lipinski definition) is 4. The zero-order chi connectivity index (χ0) is 23.4. The minimum atomic E-state index is -0.208. The molecule has 0 spiro atoms. The zero-order valence-electron chi connectivity index (χ0n) is 19.8. The molecule has 2 aromatic rings. The molecule has 0 saturated heterocycles. The van der Waals surface area contributed by atoms with Crippen molar-refractivity contribution in [3.8, 4) is 0 Å². The Bertz CT molecular complexity index is 937. The smallest absolute Gasteiger partial charge is 0.319 e. The Morgan fingerprint density at radius 1 is 0.812 bits per heavy atom. The van der Waals surface area contributed by atoms with E-state index < -0.39 is 0 Å². The number of urea groups is 2. The molecule has 6 nitrogen and oxygen atoms in total. The van der Waals surface area contributed by atoms with Crippen LogP contribution in [-0.4, -0.2) is 24.6 Å². The SMILES string of the molecule is Cc1ccc(NC(=O)NCC2(C)CC(NC(=O)Nc3ccc(C)cc3)CC(C)(C)C2)cc1. The van der Waals surface area contributed by atoms with Crippen LogP contribution in [0.1, 0.15) is 51.2 Å². The second kappa shape index (κ2) is 9.63. The number of benzene rings is 2. The van der Waals surface area contributed by atoms with E-state index in [-0.39, 0.29) is 28.9 Å². The molecule has 1 saturated carbocycles. The predicted molar refractivity (Wildman–Crippen MR) is 131 cm³/mol. The summed E-state index contributed by atoms with van der Waals surface area (Å²) >= 11 is 0. The first kappa shape index (κ1) is 23.6. The van der Waals surface area contributed by atoms with Crippen LogP contribution in [-0.2, 0) is 0 Å². The van der Waals surface area contributed by atoms with Crippen molar-refractivity contribution >= 4 is 23.4 Å². The van der Waals surface area contributed by atoms with E-state index in [0.717, 1.165) is 41.8 Å². The lowest BCUT2D eigenvalue weighted by atomic mass is 9.62. The average molecular weight is 437 g/mol. The van der Waals surface area contributed by atoms with Gasteiger partial charge < -0.3 is 21.3 Å². The summed E-state index contributed by atoms with van der Waals surface area (Å²) in [6.07, 6.45) is 2.69. The van der Waals surface area contributed by atoms with Crippen LogP contribution in [0.15, 0.2) is 48.5 Å². The van der Waals surface area contributed by atoms with Gasteiger partial charge in [-0.3, -0.25) is 0 Å². The molecule has 4 N–H and O–H groups in total. The molecular weight excluding hydrogens is 400 g/mol. The van der Waals surface area contributed by atoms with E-state index in [1.165, 1.54) is 0 Å². The van der Waals surface area contributed by atoms with E-state index in [1.54, 1.807) is 0 Å². The first-order valence-electron chi connectivity index (χ1n) is 11.3. The molecular formula is C26H36N4O2. The monoisotopic (exact) mass is 436 g/mol. The van der Waals surface area contributed by atoms with Gasteiger partial charge >= 0.3 is 12.1 Å². The highest BCUT2D eigenvalue weighted by atomic mass is 16.2. The van der Waals surface area contributed by atoms with Crippen molar-refractivity contribution in [3.63, 3.8) is 0 Å². The van der Waals surface area contributed by atoms with Gasteiger partial charge in [0.2, 0.25) is 0 Å². The Kier molecular flexibility index (Phi) is 7.12. The number of aryl methyl sites for hydroxylation is 2. The predicted octanol–water partition coefficient (Wildman–Crippen LogP) is 5.83. The highest BCUT2D eigenvalue weighted by Crippen LogP contribution is 2.45. The lowest BCUT2D eigenvalue weighted by Gasteiger charge is -2.46. The Labute approximate surface area is 191 Å². The molecule has 32 heavy (non-hydrogen) atoms. The third-order valence-corrected chi connectivity index (χ3v) is 6.07. The molecule has 0 aromatic heterocycles. The van der Waals surface area contributed by atoms with E-state index in [1.807, 2.05) is 62.4 Å². The third kappa shape index (κ3) is 7.01. The summed E-state index contributed by atoms with van der Waals surface area (Å²) in [5, 5.41) is 12.0. The number of carbonyl (C=O) groups is 2. The van der Waals surface area contributed by atoms with E-state index in [9.17, 15) is 9.59 Å². The van der Waals surface area contributed by atoms with Crippen molar-refractivity contribution in [1.29, 1.82) is 0 Å². The van der Waals surface area contributed by atoms with Crippen LogP contribution in [0.4, 0.5) is 21.0 Å². The molecule has 2 unspecified atom stereocenters. The highest BCUT2D eigenvalue weighted by molar-refractivity contribution is 5.90. The quantitative estimate of drug-likeness (QED) is 0.475. The van der Waals surface area contributed by atoms with Crippen LogP contribution in [0.3, 0.4) is 0 Å². The summed E-state index contributed by atoms with van der Waals surface area (Å²) in [7, 11) is 0.